The van der Waals surface area contributed by atoms with E-state index in [9.17, 15) is 9.59 Å². The number of amides is 2. The summed E-state index contributed by atoms with van der Waals surface area (Å²) in [6.45, 7) is 9.73. The van der Waals surface area contributed by atoms with Crippen molar-refractivity contribution in [2.45, 2.75) is 71.0 Å². The van der Waals surface area contributed by atoms with Crippen LogP contribution in [0.3, 0.4) is 0 Å². The number of rotatable bonds is 8. The van der Waals surface area contributed by atoms with E-state index in [2.05, 4.69) is 24.1 Å². The maximum Gasteiger partial charge on any atom is 0.271 e. The van der Waals surface area contributed by atoms with Crippen molar-refractivity contribution in [3.8, 4) is 5.75 Å². The number of benzene rings is 1. The summed E-state index contributed by atoms with van der Waals surface area (Å²) in [7, 11) is 1.64. The number of ether oxygens (including phenoxy) is 1. The zero-order valence-corrected chi connectivity index (χ0v) is 20.5. The Bertz CT molecular complexity index is 1010. The molecule has 180 valence electrons. The van der Waals surface area contributed by atoms with Gasteiger partial charge in [0.2, 0.25) is 5.91 Å². The van der Waals surface area contributed by atoms with E-state index in [0.29, 0.717) is 18.8 Å². The number of carbonyl (C=O) groups excluding carboxylic acids is 2. The number of aromatic nitrogens is 1. The Balaban J connectivity index is 1.71. The van der Waals surface area contributed by atoms with Crippen LogP contribution in [0.15, 0.2) is 24.3 Å². The molecule has 4 rings (SSSR count). The first-order chi connectivity index (χ1) is 15.9. The summed E-state index contributed by atoms with van der Waals surface area (Å²) in [6, 6.07) is 7.99. The zero-order chi connectivity index (χ0) is 23.6. The van der Waals surface area contributed by atoms with Crippen molar-refractivity contribution in [3.05, 3.63) is 30.0 Å². The number of nitrogens with one attached hydrogen (secondary N) is 1. The first kappa shape index (κ1) is 23.6. The van der Waals surface area contributed by atoms with Gasteiger partial charge in [0, 0.05) is 30.6 Å². The van der Waals surface area contributed by atoms with Crippen LogP contribution in [0.5, 0.6) is 5.75 Å². The van der Waals surface area contributed by atoms with Crippen molar-refractivity contribution in [1.29, 1.82) is 0 Å². The lowest BCUT2D eigenvalue weighted by Crippen LogP contribution is -2.65. The Morgan fingerprint density at radius 2 is 1.91 bits per heavy atom. The van der Waals surface area contributed by atoms with Gasteiger partial charge < -0.3 is 24.4 Å². The van der Waals surface area contributed by atoms with Gasteiger partial charge in [0.25, 0.3) is 5.91 Å². The largest absolute Gasteiger partial charge is 0.497 e. The van der Waals surface area contributed by atoms with Crippen LogP contribution in [0.2, 0.25) is 0 Å². The van der Waals surface area contributed by atoms with E-state index in [1.807, 2.05) is 40.7 Å². The van der Waals surface area contributed by atoms with Crippen molar-refractivity contribution < 1.29 is 14.3 Å². The summed E-state index contributed by atoms with van der Waals surface area (Å²) in [6.07, 6.45) is 5.57. The Morgan fingerprint density at radius 1 is 1.18 bits per heavy atom. The van der Waals surface area contributed by atoms with Gasteiger partial charge in [-0.1, -0.05) is 33.1 Å². The molecule has 2 aliphatic rings. The average molecular weight is 455 g/mol. The normalized spacial score (nSPS) is 21.5. The molecule has 1 aromatic heterocycles. The highest BCUT2D eigenvalue weighted by Crippen LogP contribution is 2.34. The summed E-state index contributed by atoms with van der Waals surface area (Å²) in [5, 5.41) is 4.29. The highest BCUT2D eigenvalue weighted by Gasteiger charge is 2.48. The van der Waals surface area contributed by atoms with Crippen LogP contribution in [-0.4, -0.2) is 71.1 Å². The van der Waals surface area contributed by atoms with E-state index < -0.39 is 5.54 Å². The van der Waals surface area contributed by atoms with Gasteiger partial charge in [0.15, 0.2) is 0 Å². The van der Waals surface area contributed by atoms with Gasteiger partial charge in [-0.05, 0) is 51.1 Å². The highest BCUT2D eigenvalue weighted by atomic mass is 16.5. The van der Waals surface area contributed by atoms with Crippen LogP contribution in [0, 0.1) is 0 Å². The maximum absolute atomic E-state index is 13.8. The van der Waals surface area contributed by atoms with Gasteiger partial charge in [0.1, 0.15) is 17.0 Å². The Kier molecular flexibility index (Phi) is 6.98. The summed E-state index contributed by atoms with van der Waals surface area (Å²) in [5.74, 6) is 0.621. The van der Waals surface area contributed by atoms with Crippen LogP contribution in [-0.2, 0) is 11.3 Å². The molecule has 1 aromatic carbocycles. The fourth-order valence-electron chi connectivity index (χ4n) is 5.38. The zero-order valence-electron chi connectivity index (χ0n) is 20.5. The molecule has 1 N–H and O–H groups in total. The molecular formula is C26H38N4O3. The molecule has 1 atom stereocenters. The lowest BCUT2D eigenvalue weighted by molar-refractivity contribution is -0.133. The standard InChI is InChI=1S/C26H38N4O3/c1-5-28(6-2)14-15-30-24(31)23-16-19-12-13-21(33-4)17-22(19)29(23)18-26(30,3)25(32)27-20-10-8-7-9-11-20/h12-13,16-17,20H,5-11,14-15,18H2,1-4H3,(H,27,32). The Hall–Kier alpha value is -2.54. The SMILES string of the molecule is CCN(CC)CCN1C(=O)c2cc3ccc(OC)cc3n2CC1(C)C(=O)NC1CCCCC1. The van der Waals surface area contributed by atoms with E-state index in [4.69, 9.17) is 4.74 Å². The summed E-state index contributed by atoms with van der Waals surface area (Å²) >= 11 is 0. The number of fused-ring (bicyclic) bond motifs is 3. The van der Waals surface area contributed by atoms with Crippen molar-refractivity contribution >= 4 is 22.7 Å². The minimum atomic E-state index is -0.955. The Morgan fingerprint density at radius 3 is 2.58 bits per heavy atom. The van der Waals surface area contributed by atoms with Crippen LogP contribution in [0.25, 0.3) is 10.9 Å². The maximum atomic E-state index is 13.8. The molecule has 0 spiro atoms. The molecule has 7 heteroatoms. The smallest absolute Gasteiger partial charge is 0.271 e. The van der Waals surface area contributed by atoms with Crippen LogP contribution in [0.4, 0.5) is 0 Å². The predicted molar refractivity (Wildman–Crippen MR) is 131 cm³/mol. The predicted octanol–water partition coefficient (Wildman–Crippen LogP) is 3.66. The van der Waals surface area contributed by atoms with Crippen LogP contribution in [0.1, 0.15) is 63.4 Å². The third-order valence-corrected chi connectivity index (χ3v) is 7.60. The molecule has 33 heavy (non-hydrogen) atoms. The van der Waals surface area contributed by atoms with E-state index in [0.717, 1.165) is 62.0 Å². The molecule has 2 amide bonds. The first-order valence-electron chi connectivity index (χ1n) is 12.4. The van der Waals surface area contributed by atoms with Gasteiger partial charge in [-0.3, -0.25) is 9.59 Å². The summed E-state index contributed by atoms with van der Waals surface area (Å²) in [4.78, 5) is 31.7. The quantitative estimate of drug-likeness (QED) is 0.661. The number of hydrogen-bond donors (Lipinski definition) is 1. The molecule has 1 aliphatic carbocycles. The third kappa shape index (κ3) is 4.47. The fourth-order valence-corrected chi connectivity index (χ4v) is 5.38. The summed E-state index contributed by atoms with van der Waals surface area (Å²) < 4.78 is 7.44. The topological polar surface area (TPSA) is 66.8 Å². The molecule has 1 fully saturated rings. The lowest BCUT2D eigenvalue weighted by Gasteiger charge is -2.45. The van der Waals surface area contributed by atoms with Crippen LogP contribution < -0.4 is 10.1 Å². The molecule has 7 nitrogen and oxygen atoms in total. The monoisotopic (exact) mass is 454 g/mol. The molecule has 0 bridgehead atoms. The molecule has 1 aliphatic heterocycles. The minimum Gasteiger partial charge on any atom is -0.497 e. The van der Waals surface area contributed by atoms with Crippen molar-refractivity contribution in [1.82, 2.24) is 19.7 Å². The van der Waals surface area contributed by atoms with Crippen molar-refractivity contribution in [2.24, 2.45) is 0 Å². The van der Waals surface area contributed by atoms with E-state index in [1.54, 1.807) is 7.11 Å². The van der Waals surface area contributed by atoms with Crippen molar-refractivity contribution in [2.75, 3.05) is 33.3 Å². The second kappa shape index (κ2) is 9.75. The van der Waals surface area contributed by atoms with Gasteiger partial charge in [-0.25, -0.2) is 0 Å². The molecule has 2 aromatic rings. The summed E-state index contributed by atoms with van der Waals surface area (Å²) in [5.41, 5.74) is 0.613. The molecular weight excluding hydrogens is 416 g/mol. The number of likely N-dealkylation sites (N-methyl/N-ethyl adjacent to an activating group) is 1. The molecule has 2 heterocycles. The van der Waals surface area contributed by atoms with Gasteiger partial charge in [-0.15, -0.1) is 0 Å². The minimum absolute atomic E-state index is 0.0438. The number of methoxy groups -OCH3 is 1. The van der Waals surface area contributed by atoms with E-state index >= 15 is 0 Å². The number of nitrogens with zero attached hydrogens (tertiary/aromatic N) is 3. The second-order valence-corrected chi connectivity index (χ2v) is 9.61. The lowest BCUT2D eigenvalue weighted by atomic mass is 9.91. The number of hydrogen-bond acceptors (Lipinski definition) is 4. The van der Waals surface area contributed by atoms with Gasteiger partial charge in [-0.2, -0.15) is 0 Å². The van der Waals surface area contributed by atoms with Gasteiger partial charge >= 0.3 is 0 Å². The number of carbonyl (C=O) groups is 2. The first-order valence-corrected chi connectivity index (χ1v) is 12.4. The molecule has 1 unspecified atom stereocenters. The van der Waals surface area contributed by atoms with Gasteiger partial charge in [0.05, 0.1) is 19.2 Å². The third-order valence-electron chi connectivity index (χ3n) is 7.60. The Labute approximate surface area is 197 Å². The average Bonchev–Trinajstić information content (AvgIpc) is 3.19. The molecule has 0 radical (unpaired) electrons. The van der Waals surface area contributed by atoms with Crippen LogP contribution >= 0.6 is 0 Å². The second-order valence-electron chi connectivity index (χ2n) is 9.61. The molecule has 0 saturated heterocycles. The van der Waals surface area contributed by atoms with E-state index in [1.165, 1.54) is 6.42 Å². The van der Waals surface area contributed by atoms with Crippen molar-refractivity contribution in [3.63, 3.8) is 0 Å². The highest BCUT2D eigenvalue weighted by molar-refractivity contribution is 6.03. The fraction of sp³-hybridized carbons (Fsp3) is 0.615. The van der Waals surface area contributed by atoms with E-state index in [-0.39, 0.29) is 17.9 Å². The molecule has 1 saturated carbocycles.